The van der Waals surface area contributed by atoms with Crippen molar-refractivity contribution in [3.8, 4) is 0 Å². The predicted molar refractivity (Wildman–Crippen MR) is 121 cm³/mol. The van der Waals surface area contributed by atoms with Gasteiger partial charge in [0, 0.05) is 49.2 Å². The first kappa shape index (κ1) is 21.1. The number of carbonyl (C=O) groups is 1. The summed E-state index contributed by atoms with van der Waals surface area (Å²) in [6, 6.07) is 12.8. The molecule has 0 saturated carbocycles. The third-order valence-electron chi connectivity index (χ3n) is 6.05. The Hall–Kier alpha value is -3.13. The summed E-state index contributed by atoms with van der Waals surface area (Å²) in [7, 11) is 0. The van der Waals surface area contributed by atoms with Crippen LogP contribution in [0.15, 0.2) is 42.5 Å². The molecule has 0 radical (unpaired) electrons. The lowest BCUT2D eigenvalue weighted by Gasteiger charge is -2.35. The fraction of sp³-hybridized carbons (Fsp3) is 0.435. The van der Waals surface area contributed by atoms with Gasteiger partial charge in [-0.05, 0) is 56.5 Å². The largest absolute Gasteiger partial charge is 0.378 e. The first-order valence-corrected chi connectivity index (χ1v) is 10.8. The molecule has 0 aliphatic carbocycles. The van der Waals surface area contributed by atoms with Crippen molar-refractivity contribution < 1.29 is 14.5 Å². The van der Waals surface area contributed by atoms with E-state index < -0.39 is 4.92 Å². The van der Waals surface area contributed by atoms with Gasteiger partial charge in [0.25, 0.3) is 11.6 Å². The molecule has 2 aromatic rings. The summed E-state index contributed by atoms with van der Waals surface area (Å²) in [6.45, 7) is 5.69. The lowest BCUT2D eigenvalue weighted by atomic mass is 10.0. The highest BCUT2D eigenvalue weighted by atomic mass is 16.6. The number of ether oxygens (including phenoxy) is 1. The number of nitrogens with one attached hydrogen (secondary N) is 1. The van der Waals surface area contributed by atoms with E-state index in [0.29, 0.717) is 49.3 Å². The van der Waals surface area contributed by atoms with Crippen LogP contribution in [0, 0.1) is 10.1 Å². The normalized spacial score (nSPS) is 19.2. The number of carbonyl (C=O) groups excluding carboxylic acids is 1. The minimum atomic E-state index is -0.478. The van der Waals surface area contributed by atoms with E-state index in [2.05, 4.69) is 17.1 Å². The van der Waals surface area contributed by atoms with Crippen LogP contribution in [0.5, 0.6) is 0 Å². The lowest BCUT2D eigenvalue weighted by Crippen LogP contribution is -2.37. The predicted octanol–water partition coefficient (Wildman–Crippen LogP) is 4.06. The van der Waals surface area contributed by atoms with Crippen LogP contribution in [0.25, 0.3) is 0 Å². The number of rotatable bonds is 5. The monoisotopic (exact) mass is 424 g/mol. The van der Waals surface area contributed by atoms with Crippen LogP contribution in [-0.2, 0) is 4.74 Å². The quantitative estimate of drug-likeness (QED) is 0.575. The van der Waals surface area contributed by atoms with Gasteiger partial charge in [0.2, 0.25) is 0 Å². The Morgan fingerprint density at radius 1 is 1.10 bits per heavy atom. The Kier molecular flexibility index (Phi) is 6.36. The molecular weight excluding hydrogens is 396 g/mol. The molecule has 2 aliphatic heterocycles. The van der Waals surface area contributed by atoms with Gasteiger partial charge in [-0.3, -0.25) is 14.9 Å². The Balaban J connectivity index is 1.54. The number of nitro groups is 1. The van der Waals surface area contributed by atoms with Gasteiger partial charge in [-0.2, -0.15) is 0 Å². The first-order chi connectivity index (χ1) is 15.0. The highest BCUT2D eigenvalue weighted by Crippen LogP contribution is 2.29. The Bertz CT molecular complexity index is 941. The summed E-state index contributed by atoms with van der Waals surface area (Å²) in [5.74, 6) is -0.357. The average Bonchev–Trinajstić information content (AvgIpc) is 2.80. The second-order valence-corrected chi connectivity index (χ2v) is 8.10. The number of nitrogens with zero attached hydrogens (tertiary/aromatic N) is 3. The molecule has 8 nitrogen and oxygen atoms in total. The van der Waals surface area contributed by atoms with Crippen LogP contribution >= 0.6 is 0 Å². The second kappa shape index (κ2) is 9.34. The maximum absolute atomic E-state index is 13.1. The van der Waals surface area contributed by atoms with E-state index in [1.54, 1.807) is 6.07 Å². The van der Waals surface area contributed by atoms with Gasteiger partial charge in [-0.1, -0.05) is 0 Å². The topological polar surface area (TPSA) is 88.0 Å². The summed E-state index contributed by atoms with van der Waals surface area (Å²) < 4.78 is 5.39. The van der Waals surface area contributed by atoms with Gasteiger partial charge in [0.15, 0.2) is 0 Å². The van der Waals surface area contributed by atoms with E-state index in [4.69, 9.17) is 4.74 Å². The van der Waals surface area contributed by atoms with Gasteiger partial charge in [0.05, 0.1) is 29.4 Å². The molecule has 0 aromatic heterocycles. The number of morpholine rings is 1. The van der Waals surface area contributed by atoms with E-state index >= 15 is 0 Å². The molecule has 2 aromatic carbocycles. The molecule has 0 spiro atoms. The van der Waals surface area contributed by atoms with Gasteiger partial charge >= 0.3 is 0 Å². The van der Waals surface area contributed by atoms with Gasteiger partial charge in [0.1, 0.15) is 0 Å². The minimum Gasteiger partial charge on any atom is -0.378 e. The molecule has 164 valence electrons. The average molecular weight is 425 g/mol. The number of amides is 1. The van der Waals surface area contributed by atoms with Crippen molar-refractivity contribution in [1.82, 2.24) is 0 Å². The molecule has 2 aliphatic rings. The Morgan fingerprint density at radius 3 is 2.52 bits per heavy atom. The van der Waals surface area contributed by atoms with E-state index in [1.807, 2.05) is 29.2 Å². The van der Waals surface area contributed by atoms with Crippen LogP contribution in [0.2, 0.25) is 0 Å². The molecule has 2 fully saturated rings. The molecule has 4 rings (SSSR count). The number of hydrogen-bond acceptors (Lipinski definition) is 6. The van der Waals surface area contributed by atoms with Crippen LogP contribution in [0.4, 0.5) is 22.7 Å². The number of non-ortho nitro benzene ring substituents is 1. The van der Waals surface area contributed by atoms with Crippen LogP contribution in [0.3, 0.4) is 0 Å². The summed E-state index contributed by atoms with van der Waals surface area (Å²) in [4.78, 5) is 28.3. The molecule has 1 unspecified atom stereocenters. The SMILES string of the molecule is CC1CCCCN1c1ccc(NC(=O)c2cc([N+](=O)[O-])ccc2N2CCOCC2)cc1. The smallest absolute Gasteiger partial charge is 0.270 e. The fourth-order valence-electron chi connectivity index (χ4n) is 4.32. The molecule has 31 heavy (non-hydrogen) atoms. The van der Waals surface area contributed by atoms with Crippen molar-refractivity contribution in [2.45, 2.75) is 32.2 Å². The van der Waals surface area contributed by atoms with Crippen LogP contribution in [-0.4, -0.2) is 49.7 Å². The third-order valence-corrected chi connectivity index (χ3v) is 6.05. The minimum absolute atomic E-state index is 0.100. The summed E-state index contributed by atoms with van der Waals surface area (Å²) in [5.41, 5.74) is 2.69. The molecule has 8 heteroatoms. The van der Waals surface area contributed by atoms with Gasteiger partial charge in [-0.15, -0.1) is 0 Å². The standard InChI is InChI=1S/C23H28N4O4/c1-17-4-2-3-11-26(17)19-7-5-18(6-8-19)24-23(28)21-16-20(27(29)30)9-10-22(21)25-12-14-31-15-13-25/h5-10,16-17H,2-4,11-15H2,1H3,(H,24,28). The van der Waals surface area contributed by atoms with Crippen molar-refractivity contribution in [3.05, 3.63) is 58.1 Å². The van der Waals surface area contributed by atoms with Crippen LogP contribution in [0.1, 0.15) is 36.5 Å². The molecule has 2 heterocycles. The van der Waals surface area contributed by atoms with E-state index in [9.17, 15) is 14.9 Å². The first-order valence-electron chi connectivity index (χ1n) is 10.8. The molecule has 1 amide bonds. The maximum Gasteiger partial charge on any atom is 0.270 e. The van der Waals surface area contributed by atoms with Crippen molar-refractivity contribution in [2.75, 3.05) is 48.0 Å². The number of anilines is 3. The van der Waals surface area contributed by atoms with E-state index in [0.717, 1.165) is 12.2 Å². The number of hydrogen-bond donors (Lipinski definition) is 1. The number of nitro benzene ring substituents is 1. The number of benzene rings is 2. The molecular formula is C23H28N4O4. The van der Waals surface area contributed by atoms with Crippen molar-refractivity contribution in [3.63, 3.8) is 0 Å². The summed E-state index contributed by atoms with van der Waals surface area (Å²) in [6.07, 6.45) is 3.65. The highest BCUT2D eigenvalue weighted by molar-refractivity contribution is 6.08. The molecule has 1 N–H and O–H groups in total. The Morgan fingerprint density at radius 2 is 1.84 bits per heavy atom. The van der Waals surface area contributed by atoms with Gasteiger partial charge < -0.3 is 19.9 Å². The molecule has 0 bridgehead atoms. The Labute approximate surface area is 181 Å². The summed E-state index contributed by atoms with van der Waals surface area (Å²) in [5, 5.41) is 14.2. The maximum atomic E-state index is 13.1. The zero-order valence-corrected chi connectivity index (χ0v) is 17.8. The zero-order valence-electron chi connectivity index (χ0n) is 17.8. The van der Waals surface area contributed by atoms with Crippen molar-refractivity contribution in [2.24, 2.45) is 0 Å². The summed E-state index contributed by atoms with van der Waals surface area (Å²) >= 11 is 0. The molecule has 2 saturated heterocycles. The van der Waals surface area contributed by atoms with Gasteiger partial charge in [-0.25, -0.2) is 0 Å². The highest BCUT2D eigenvalue weighted by Gasteiger charge is 2.23. The van der Waals surface area contributed by atoms with Crippen molar-refractivity contribution >= 4 is 28.7 Å². The van der Waals surface area contributed by atoms with Crippen molar-refractivity contribution in [1.29, 1.82) is 0 Å². The van der Waals surface area contributed by atoms with E-state index in [1.165, 1.54) is 31.4 Å². The zero-order chi connectivity index (χ0) is 21.8. The number of piperidine rings is 1. The second-order valence-electron chi connectivity index (χ2n) is 8.10. The fourth-order valence-corrected chi connectivity index (χ4v) is 4.32. The lowest BCUT2D eigenvalue weighted by molar-refractivity contribution is -0.384. The molecule has 1 atom stereocenters. The third kappa shape index (κ3) is 4.80. The van der Waals surface area contributed by atoms with E-state index in [-0.39, 0.29) is 11.6 Å². The van der Waals surface area contributed by atoms with Crippen LogP contribution < -0.4 is 15.1 Å².